The van der Waals surface area contributed by atoms with Crippen molar-refractivity contribution in [3.63, 3.8) is 0 Å². The van der Waals surface area contributed by atoms with Gasteiger partial charge in [-0.2, -0.15) is 0 Å². The number of amides is 1. The van der Waals surface area contributed by atoms with Crippen LogP contribution in [-0.2, 0) is 9.53 Å². The number of methoxy groups -OCH3 is 1. The van der Waals surface area contributed by atoms with Crippen molar-refractivity contribution >= 4 is 28.7 Å². The van der Waals surface area contributed by atoms with Gasteiger partial charge in [-0.3, -0.25) is 14.5 Å². The molecule has 0 bridgehead atoms. The van der Waals surface area contributed by atoms with E-state index in [0.717, 1.165) is 11.1 Å². The summed E-state index contributed by atoms with van der Waals surface area (Å²) in [5.41, 5.74) is 3.91. The Morgan fingerprint density at radius 3 is 1.97 bits per heavy atom. The van der Waals surface area contributed by atoms with Crippen LogP contribution < -0.4 is 9.64 Å². The van der Waals surface area contributed by atoms with Gasteiger partial charge in [0, 0.05) is 16.8 Å². The third-order valence-electron chi connectivity index (χ3n) is 6.18. The number of nitrogens with zero attached hydrogens (tertiary/aromatic N) is 1. The molecule has 0 spiro atoms. The van der Waals surface area contributed by atoms with Gasteiger partial charge in [-0.1, -0.05) is 72.8 Å². The lowest BCUT2D eigenvalue weighted by atomic mass is 9.96. The lowest BCUT2D eigenvalue weighted by Crippen LogP contribution is -2.41. The minimum atomic E-state index is -0.792. The van der Waals surface area contributed by atoms with E-state index >= 15 is 0 Å². The molecule has 178 valence electrons. The van der Waals surface area contributed by atoms with Crippen LogP contribution >= 0.6 is 0 Å². The zero-order chi connectivity index (χ0) is 25.1. The van der Waals surface area contributed by atoms with Gasteiger partial charge in [0.2, 0.25) is 6.23 Å². The molecule has 5 heteroatoms. The minimum absolute atomic E-state index is 0.0414. The van der Waals surface area contributed by atoms with E-state index in [1.165, 1.54) is 6.92 Å². The first-order valence-electron chi connectivity index (χ1n) is 11.7. The zero-order valence-corrected chi connectivity index (χ0v) is 20.0. The Morgan fingerprint density at radius 2 is 1.36 bits per heavy atom. The van der Waals surface area contributed by atoms with E-state index in [0.29, 0.717) is 33.9 Å². The number of anilines is 1. The van der Waals surface area contributed by atoms with Crippen molar-refractivity contribution in [3.05, 3.63) is 131 Å². The molecule has 0 aromatic heterocycles. The number of rotatable bonds is 6. The summed E-state index contributed by atoms with van der Waals surface area (Å²) in [6.45, 7) is 1.52. The van der Waals surface area contributed by atoms with Crippen LogP contribution in [0.5, 0.6) is 5.75 Å². The highest BCUT2D eigenvalue weighted by molar-refractivity contribution is 6.32. The van der Waals surface area contributed by atoms with E-state index in [2.05, 4.69) is 0 Å². The molecular weight excluding hydrogens is 450 g/mol. The predicted octanol–water partition coefficient (Wildman–Crippen LogP) is 6.53. The third kappa shape index (κ3) is 4.27. The normalized spacial score (nSPS) is 15.4. The molecule has 1 atom stereocenters. The summed E-state index contributed by atoms with van der Waals surface area (Å²) in [5, 5.41) is 0. The van der Waals surface area contributed by atoms with Crippen molar-refractivity contribution in [2.24, 2.45) is 0 Å². The highest BCUT2D eigenvalue weighted by Crippen LogP contribution is 2.44. The fraction of sp³-hybridized carbons (Fsp3) is 0.0968. The second-order valence-electron chi connectivity index (χ2n) is 8.43. The molecule has 36 heavy (non-hydrogen) atoms. The topological polar surface area (TPSA) is 55.8 Å². The van der Waals surface area contributed by atoms with E-state index in [9.17, 15) is 9.59 Å². The fourth-order valence-corrected chi connectivity index (χ4v) is 4.39. The van der Waals surface area contributed by atoms with E-state index < -0.39 is 6.23 Å². The van der Waals surface area contributed by atoms with Gasteiger partial charge in [-0.25, -0.2) is 0 Å². The molecule has 1 aliphatic rings. The van der Waals surface area contributed by atoms with Crippen molar-refractivity contribution in [1.29, 1.82) is 0 Å². The first-order valence-corrected chi connectivity index (χ1v) is 11.7. The van der Waals surface area contributed by atoms with Crippen LogP contribution in [0.1, 0.15) is 40.2 Å². The molecule has 0 radical (unpaired) electrons. The Hall–Kier alpha value is -4.64. The van der Waals surface area contributed by atoms with E-state index in [1.807, 2.05) is 84.9 Å². The quantitative estimate of drug-likeness (QED) is 0.298. The van der Waals surface area contributed by atoms with Gasteiger partial charge in [0.25, 0.3) is 5.91 Å². The molecule has 0 fully saturated rings. The number of ether oxygens (including phenoxy) is 2. The molecular formula is C31H25NO4. The van der Waals surface area contributed by atoms with Crippen LogP contribution in [-0.4, -0.2) is 18.8 Å². The Morgan fingerprint density at radius 1 is 0.778 bits per heavy atom. The predicted molar refractivity (Wildman–Crippen MR) is 140 cm³/mol. The Bertz CT molecular complexity index is 1430. The first kappa shape index (κ1) is 23.1. The van der Waals surface area contributed by atoms with E-state index in [4.69, 9.17) is 9.47 Å². The molecule has 0 unspecified atom stereocenters. The lowest BCUT2D eigenvalue weighted by molar-refractivity contribution is -0.116. The largest absolute Gasteiger partial charge is 0.496 e. The smallest absolute Gasteiger partial charge is 0.265 e. The van der Waals surface area contributed by atoms with Crippen molar-refractivity contribution in [2.45, 2.75) is 13.2 Å². The van der Waals surface area contributed by atoms with Crippen LogP contribution in [0.2, 0.25) is 0 Å². The van der Waals surface area contributed by atoms with Gasteiger partial charge >= 0.3 is 0 Å². The molecule has 5 nitrogen and oxygen atoms in total. The average molecular weight is 476 g/mol. The molecule has 4 aromatic rings. The van der Waals surface area contributed by atoms with Crippen LogP contribution in [0.3, 0.4) is 0 Å². The minimum Gasteiger partial charge on any atom is -0.496 e. The van der Waals surface area contributed by atoms with Gasteiger partial charge < -0.3 is 9.47 Å². The Labute approximate surface area is 210 Å². The molecule has 1 aliphatic heterocycles. The number of Topliss-reactive ketones (excluding diaryl/α,β-unsaturated/α-hetero) is 1. The molecule has 1 amide bonds. The summed E-state index contributed by atoms with van der Waals surface area (Å²) >= 11 is 0. The molecule has 0 saturated heterocycles. The summed E-state index contributed by atoms with van der Waals surface area (Å²) < 4.78 is 12.4. The second-order valence-corrected chi connectivity index (χ2v) is 8.43. The molecule has 0 aliphatic carbocycles. The highest BCUT2D eigenvalue weighted by Gasteiger charge is 2.40. The lowest BCUT2D eigenvalue weighted by Gasteiger charge is -2.39. The van der Waals surface area contributed by atoms with Gasteiger partial charge in [0.05, 0.1) is 18.2 Å². The van der Waals surface area contributed by atoms with E-state index in [1.54, 1.807) is 36.3 Å². The summed E-state index contributed by atoms with van der Waals surface area (Å²) in [6, 6.07) is 33.7. The van der Waals surface area contributed by atoms with Crippen LogP contribution in [0, 0.1) is 0 Å². The van der Waals surface area contributed by atoms with Crippen molar-refractivity contribution < 1.29 is 19.1 Å². The van der Waals surface area contributed by atoms with Crippen molar-refractivity contribution in [2.75, 3.05) is 12.0 Å². The maximum Gasteiger partial charge on any atom is 0.265 e. The van der Waals surface area contributed by atoms with Gasteiger partial charge in [0.15, 0.2) is 5.78 Å². The van der Waals surface area contributed by atoms with Crippen LogP contribution in [0.4, 0.5) is 5.69 Å². The number of hydrogen-bond acceptors (Lipinski definition) is 4. The number of benzene rings is 4. The summed E-state index contributed by atoms with van der Waals surface area (Å²) in [6.07, 6.45) is -0.792. The molecule has 4 aromatic carbocycles. The summed E-state index contributed by atoms with van der Waals surface area (Å²) in [5.74, 6) is 0.855. The van der Waals surface area contributed by atoms with Crippen LogP contribution in [0.15, 0.2) is 109 Å². The Kier molecular flexibility index (Phi) is 6.37. The number of para-hydroxylation sites is 1. The standard InChI is InChI=1S/C31H25NO4/c1-21(33)22-17-19-25(20-18-22)32-30(34)28(23-11-5-3-6-12-23)29(24-13-7-4-8-14-24)36-31(32)26-15-9-10-16-27(26)35-2/h3-20,31H,1-2H3/t31-/m1/s1. The second kappa shape index (κ2) is 9.92. The van der Waals surface area contributed by atoms with Crippen LogP contribution in [0.25, 0.3) is 11.3 Å². The van der Waals surface area contributed by atoms with Crippen molar-refractivity contribution in [3.8, 4) is 5.75 Å². The number of hydrogen-bond donors (Lipinski definition) is 0. The highest BCUT2D eigenvalue weighted by atomic mass is 16.5. The summed E-state index contributed by atoms with van der Waals surface area (Å²) in [7, 11) is 1.60. The molecule has 5 rings (SSSR count). The monoisotopic (exact) mass is 475 g/mol. The fourth-order valence-electron chi connectivity index (χ4n) is 4.39. The number of ketones is 1. The SMILES string of the molecule is COc1ccccc1[C@H]1OC(c2ccccc2)=C(c2ccccc2)C(=O)N1c1ccc(C(C)=O)cc1. The van der Waals surface area contributed by atoms with E-state index in [-0.39, 0.29) is 11.7 Å². The maximum absolute atomic E-state index is 14.4. The number of carbonyl (C=O) groups is 2. The number of carbonyl (C=O) groups excluding carboxylic acids is 2. The molecule has 0 saturated carbocycles. The zero-order valence-electron chi connectivity index (χ0n) is 20.0. The van der Waals surface area contributed by atoms with Gasteiger partial charge in [-0.05, 0) is 48.9 Å². The van der Waals surface area contributed by atoms with Gasteiger partial charge in [0.1, 0.15) is 11.5 Å². The molecule has 1 heterocycles. The molecule has 0 N–H and O–H groups in total. The first-order chi connectivity index (χ1) is 17.6. The average Bonchev–Trinajstić information content (AvgIpc) is 2.93. The Balaban J connectivity index is 1.75. The van der Waals surface area contributed by atoms with Crippen molar-refractivity contribution in [1.82, 2.24) is 0 Å². The van der Waals surface area contributed by atoms with Gasteiger partial charge in [-0.15, -0.1) is 0 Å². The summed E-state index contributed by atoms with van der Waals surface area (Å²) in [4.78, 5) is 27.9. The third-order valence-corrected chi connectivity index (χ3v) is 6.18. The maximum atomic E-state index is 14.4.